The second kappa shape index (κ2) is 8.08. The Kier molecular flexibility index (Phi) is 5.21. The van der Waals surface area contributed by atoms with E-state index in [1.54, 1.807) is 41.3 Å². The number of aryl methyl sites for hydroxylation is 1. The van der Waals surface area contributed by atoms with Crippen molar-refractivity contribution in [3.63, 3.8) is 0 Å². The van der Waals surface area contributed by atoms with Crippen molar-refractivity contribution in [1.82, 2.24) is 4.90 Å². The van der Waals surface area contributed by atoms with Crippen LogP contribution in [0, 0.1) is 6.92 Å². The summed E-state index contributed by atoms with van der Waals surface area (Å²) in [7, 11) is 1.45. The molecule has 5 rings (SSSR count). The third-order valence-corrected chi connectivity index (χ3v) is 6.54. The van der Waals surface area contributed by atoms with Crippen LogP contribution in [0.2, 0.25) is 0 Å². The Labute approximate surface area is 198 Å². The third-order valence-electron chi connectivity index (χ3n) is 5.93. The fourth-order valence-corrected chi connectivity index (χ4v) is 4.73. The van der Waals surface area contributed by atoms with E-state index in [0.717, 1.165) is 11.1 Å². The molecule has 0 aliphatic carbocycles. The van der Waals surface area contributed by atoms with Gasteiger partial charge in [0.15, 0.2) is 16.9 Å². The van der Waals surface area contributed by atoms with Gasteiger partial charge in [0.25, 0.3) is 5.91 Å². The quantitative estimate of drug-likeness (QED) is 0.405. The molecule has 0 spiro atoms. The number of amides is 1. The molecule has 3 aromatic carbocycles. The van der Waals surface area contributed by atoms with Gasteiger partial charge in [0.1, 0.15) is 5.58 Å². The standard InChI is InChI=1S/C26H20BrNO5/c1-14-7-9-15(10-8-14)13-28-22(16-11-18(27)24(30)20(12-16)32-2)21-23(29)17-5-3-4-6-19(17)33-25(21)26(28)31/h3-12,22,30H,13H2,1-2H3/t22-/m0/s1. The number of hydrogen-bond acceptors (Lipinski definition) is 5. The first-order valence-electron chi connectivity index (χ1n) is 10.4. The number of phenols is 1. The molecule has 4 aromatic rings. The van der Waals surface area contributed by atoms with Crippen molar-refractivity contribution in [3.05, 3.63) is 103 Å². The van der Waals surface area contributed by atoms with Crippen molar-refractivity contribution in [1.29, 1.82) is 0 Å². The van der Waals surface area contributed by atoms with Gasteiger partial charge >= 0.3 is 0 Å². The summed E-state index contributed by atoms with van der Waals surface area (Å²) < 4.78 is 11.7. The van der Waals surface area contributed by atoms with Gasteiger partial charge in [-0.15, -0.1) is 0 Å². The Bertz CT molecular complexity index is 1460. The highest BCUT2D eigenvalue weighted by Crippen LogP contribution is 2.44. The second-order valence-corrected chi connectivity index (χ2v) is 8.90. The molecular weight excluding hydrogens is 486 g/mol. The minimum absolute atomic E-state index is 0.0407. The molecule has 1 atom stereocenters. The zero-order valence-corrected chi connectivity index (χ0v) is 19.5. The van der Waals surface area contributed by atoms with Crippen molar-refractivity contribution in [2.45, 2.75) is 19.5 Å². The average Bonchev–Trinajstić information content (AvgIpc) is 3.09. The van der Waals surface area contributed by atoms with E-state index < -0.39 is 6.04 Å². The fourth-order valence-electron chi connectivity index (χ4n) is 4.27. The lowest BCUT2D eigenvalue weighted by molar-refractivity contribution is 0.0714. The summed E-state index contributed by atoms with van der Waals surface area (Å²) in [5.41, 5.74) is 3.06. The molecule has 1 aliphatic heterocycles. The number of rotatable bonds is 4. The lowest BCUT2D eigenvalue weighted by Crippen LogP contribution is -2.29. The molecule has 6 nitrogen and oxygen atoms in total. The molecule has 166 valence electrons. The summed E-state index contributed by atoms with van der Waals surface area (Å²) in [6, 6.07) is 17.4. The molecular formula is C26H20BrNO5. The number of carbonyl (C=O) groups is 1. The molecule has 1 amide bonds. The molecule has 0 radical (unpaired) electrons. The van der Waals surface area contributed by atoms with E-state index in [-0.39, 0.29) is 40.7 Å². The number of methoxy groups -OCH3 is 1. The predicted octanol–water partition coefficient (Wildman–Crippen LogP) is 5.32. The summed E-state index contributed by atoms with van der Waals surface area (Å²) in [4.78, 5) is 28.7. The Balaban J connectivity index is 1.75. The highest BCUT2D eigenvalue weighted by atomic mass is 79.9. The highest BCUT2D eigenvalue weighted by Gasteiger charge is 2.43. The Morgan fingerprint density at radius 1 is 1.09 bits per heavy atom. The first kappa shape index (κ1) is 21.3. The van der Waals surface area contributed by atoms with Crippen molar-refractivity contribution in [2.75, 3.05) is 7.11 Å². The van der Waals surface area contributed by atoms with Crippen LogP contribution in [0.3, 0.4) is 0 Å². The first-order valence-corrected chi connectivity index (χ1v) is 11.2. The molecule has 0 bridgehead atoms. The van der Waals surface area contributed by atoms with E-state index in [1.165, 1.54) is 7.11 Å². The minimum atomic E-state index is -0.708. The minimum Gasteiger partial charge on any atom is -0.503 e. The van der Waals surface area contributed by atoms with Crippen LogP contribution < -0.4 is 10.2 Å². The van der Waals surface area contributed by atoms with Crippen molar-refractivity contribution in [3.8, 4) is 11.5 Å². The SMILES string of the molecule is COc1cc([C@H]2c3c(oc4ccccc4c3=O)C(=O)N2Cc2ccc(C)cc2)cc(Br)c1O. The fraction of sp³-hybridized carbons (Fsp3) is 0.154. The number of benzene rings is 3. The van der Waals surface area contributed by atoms with Crippen molar-refractivity contribution >= 4 is 32.8 Å². The lowest BCUT2D eigenvalue weighted by Gasteiger charge is -2.26. The molecule has 1 aromatic heterocycles. The Morgan fingerprint density at radius 3 is 2.55 bits per heavy atom. The molecule has 0 fully saturated rings. The average molecular weight is 506 g/mol. The predicted molar refractivity (Wildman–Crippen MR) is 128 cm³/mol. The van der Waals surface area contributed by atoms with Crippen molar-refractivity contribution < 1.29 is 19.1 Å². The molecule has 0 saturated carbocycles. The van der Waals surface area contributed by atoms with Crippen LogP contribution in [-0.4, -0.2) is 23.0 Å². The highest BCUT2D eigenvalue weighted by molar-refractivity contribution is 9.10. The van der Waals surface area contributed by atoms with Crippen LogP contribution in [0.15, 0.2) is 74.3 Å². The number of hydrogen-bond donors (Lipinski definition) is 1. The van der Waals surface area contributed by atoms with Crippen LogP contribution in [0.5, 0.6) is 11.5 Å². The van der Waals surface area contributed by atoms with Gasteiger partial charge in [-0.05, 0) is 58.2 Å². The van der Waals surface area contributed by atoms with Crippen LogP contribution in [-0.2, 0) is 6.54 Å². The van der Waals surface area contributed by atoms with E-state index in [9.17, 15) is 14.7 Å². The third kappa shape index (κ3) is 3.49. The number of carbonyl (C=O) groups excluding carboxylic acids is 1. The van der Waals surface area contributed by atoms with Gasteiger partial charge in [0.05, 0.1) is 28.6 Å². The van der Waals surface area contributed by atoms with Gasteiger partial charge in [0.2, 0.25) is 5.76 Å². The lowest BCUT2D eigenvalue weighted by atomic mass is 9.97. The Morgan fingerprint density at radius 2 is 1.82 bits per heavy atom. The maximum absolute atomic E-state index is 13.6. The van der Waals surface area contributed by atoms with Gasteiger partial charge in [-0.3, -0.25) is 9.59 Å². The Hall–Kier alpha value is -3.58. The number of fused-ring (bicyclic) bond motifs is 2. The molecule has 2 heterocycles. The maximum atomic E-state index is 13.6. The molecule has 0 unspecified atom stereocenters. The zero-order valence-electron chi connectivity index (χ0n) is 18.0. The van der Waals surface area contributed by atoms with Crippen LogP contribution >= 0.6 is 15.9 Å². The van der Waals surface area contributed by atoms with E-state index in [2.05, 4.69) is 15.9 Å². The number of phenolic OH excluding ortho intramolecular Hbond substituents is 1. The van der Waals surface area contributed by atoms with E-state index in [0.29, 0.717) is 21.0 Å². The largest absolute Gasteiger partial charge is 0.503 e. The number of ether oxygens (including phenoxy) is 1. The summed E-state index contributed by atoms with van der Waals surface area (Å²) in [5, 5.41) is 10.7. The number of para-hydroxylation sites is 1. The van der Waals surface area contributed by atoms with Crippen LogP contribution in [0.1, 0.15) is 38.9 Å². The zero-order chi connectivity index (χ0) is 23.3. The topological polar surface area (TPSA) is 80.0 Å². The summed E-state index contributed by atoms with van der Waals surface area (Å²) in [6.45, 7) is 2.28. The maximum Gasteiger partial charge on any atom is 0.291 e. The molecule has 1 N–H and O–H groups in total. The number of halogens is 1. The van der Waals surface area contributed by atoms with E-state index in [4.69, 9.17) is 9.15 Å². The summed E-state index contributed by atoms with van der Waals surface area (Å²) >= 11 is 3.36. The molecule has 7 heteroatoms. The summed E-state index contributed by atoms with van der Waals surface area (Å²) in [5.74, 6) is -0.136. The van der Waals surface area contributed by atoms with Gasteiger partial charge in [0, 0.05) is 6.54 Å². The molecule has 33 heavy (non-hydrogen) atoms. The molecule has 0 saturated heterocycles. The van der Waals surface area contributed by atoms with E-state index in [1.807, 2.05) is 31.2 Å². The van der Waals surface area contributed by atoms with Crippen molar-refractivity contribution in [2.24, 2.45) is 0 Å². The van der Waals surface area contributed by atoms with Gasteiger partial charge in [-0.25, -0.2) is 0 Å². The monoisotopic (exact) mass is 505 g/mol. The number of aromatic hydroxyl groups is 1. The van der Waals surface area contributed by atoms with Crippen LogP contribution in [0.25, 0.3) is 11.0 Å². The van der Waals surface area contributed by atoms with Gasteiger partial charge in [-0.1, -0.05) is 42.0 Å². The molecule has 1 aliphatic rings. The van der Waals surface area contributed by atoms with Crippen LogP contribution in [0.4, 0.5) is 0 Å². The van der Waals surface area contributed by atoms with Gasteiger partial charge in [-0.2, -0.15) is 0 Å². The smallest absolute Gasteiger partial charge is 0.291 e. The van der Waals surface area contributed by atoms with Gasteiger partial charge < -0.3 is 19.2 Å². The normalized spacial score (nSPS) is 15.2. The van der Waals surface area contributed by atoms with E-state index >= 15 is 0 Å². The first-order chi connectivity index (χ1) is 15.9. The summed E-state index contributed by atoms with van der Waals surface area (Å²) in [6.07, 6.45) is 0. The second-order valence-electron chi connectivity index (χ2n) is 8.04. The number of nitrogens with zero attached hydrogens (tertiary/aromatic N) is 1.